The molecule has 110 valence electrons. The lowest BCUT2D eigenvalue weighted by Gasteiger charge is -2.07. The summed E-state index contributed by atoms with van der Waals surface area (Å²) >= 11 is 0. The van der Waals surface area contributed by atoms with E-state index in [1.54, 1.807) is 18.2 Å². The van der Waals surface area contributed by atoms with Crippen molar-refractivity contribution in [1.29, 1.82) is 0 Å². The lowest BCUT2D eigenvalue weighted by molar-refractivity contribution is -0.146. The lowest BCUT2D eigenvalue weighted by atomic mass is 10.2. The first-order valence-electron chi connectivity index (χ1n) is 6.16. The number of pyridine rings is 1. The smallest absolute Gasteiger partial charge is 0.332 e. The first kappa shape index (κ1) is 14.7. The standard InChI is InChI=1S/C13H13N3O5/c17-9(13(20)21)4-5-14-11(18)8-7-15-10-3-1-2-6-16(10)12(8)19/h1-3,6-7,9,17H,4-5H2,(H,14,18)(H,20,21). The van der Waals surface area contributed by atoms with Gasteiger partial charge in [0, 0.05) is 25.4 Å². The monoisotopic (exact) mass is 291 g/mol. The van der Waals surface area contributed by atoms with Crippen LogP contribution >= 0.6 is 0 Å². The quantitative estimate of drug-likeness (QED) is 0.667. The molecule has 8 nitrogen and oxygen atoms in total. The van der Waals surface area contributed by atoms with Gasteiger partial charge in [0.1, 0.15) is 11.2 Å². The van der Waals surface area contributed by atoms with Crippen LogP contribution < -0.4 is 10.9 Å². The van der Waals surface area contributed by atoms with Crippen LogP contribution in [-0.4, -0.2) is 44.1 Å². The number of nitrogens with zero attached hydrogens (tertiary/aromatic N) is 2. The molecule has 21 heavy (non-hydrogen) atoms. The third kappa shape index (κ3) is 3.23. The molecule has 2 heterocycles. The van der Waals surface area contributed by atoms with Crippen molar-refractivity contribution in [1.82, 2.24) is 14.7 Å². The molecule has 0 saturated carbocycles. The van der Waals surface area contributed by atoms with Gasteiger partial charge < -0.3 is 15.5 Å². The average Bonchev–Trinajstić information content (AvgIpc) is 2.47. The van der Waals surface area contributed by atoms with Gasteiger partial charge in [0.15, 0.2) is 6.10 Å². The molecule has 1 unspecified atom stereocenters. The number of aromatic nitrogens is 2. The molecule has 0 aliphatic rings. The van der Waals surface area contributed by atoms with Crippen LogP contribution in [0.3, 0.4) is 0 Å². The maximum atomic E-state index is 12.1. The fraction of sp³-hybridized carbons (Fsp3) is 0.231. The van der Waals surface area contributed by atoms with Crippen molar-refractivity contribution in [3.05, 3.63) is 46.5 Å². The van der Waals surface area contributed by atoms with E-state index in [1.807, 2.05) is 0 Å². The third-order valence-corrected chi connectivity index (χ3v) is 2.85. The second kappa shape index (κ2) is 6.14. The van der Waals surface area contributed by atoms with Gasteiger partial charge in [-0.1, -0.05) is 6.07 Å². The highest BCUT2D eigenvalue weighted by Crippen LogP contribution is 1.98. The van der Waals surface area contributed by atoms with E-state index in [2.05, 4.69) is 10.3 Å². The van der Waals surface area contributed by atoms with Crippen molar-refractivity contribution in [3.63, 3.8) is 0 Å². The molecule has 0 saturated heterocycles. The van der Waals surface area contributed by atoms with Crippen molar-refractivity contribution in [3.8, 4) is 0 Å². The van der Waals surface area contributed by atoms with Gasteiger partial charge in [-0.3, -0.25) is 14.0 Å². The summed E-state index contributed by atoms with van der Waals surface area (Å²) in [6.45, 7) is -0.0662. The van der Waals surface area contributed by atoms with Crippen molar-refractivity contribution in [2.75, 3.05) is 6.54 Å². The molecule has 2 aromatic rings. The first-order chi connectivity index (χ1) is 10.0. The number of aliphatic hydroxyl groups is 1. The van der Waals surface area contributed by atoms with E-state index in [-0.39, 0.29) is 18.5 Å². The Morgan fingerprint density at radius 2 is 2.14 bits per heavy atom. The minimum atomic E-state index is -1.55. The van der Waals surface area contributed by atoms with Crippen molar-refractivity contribution in [2.45, 2.75) is 12.5 Å². The Labute approximate surface area is 118 Å². The molecule has 0 bridgehead atoms. The highest BCUT2D eigenvalue weighted by molar-refractivity contribution is 5.93. The van der Waals surface area contributed by atoms with Crippen LogP contribution in [0.2, 0.25) is 0 Å². The second-order valence-electron chi connectivity index (χ2n) is 4.30. The zero-order valence-corrected chi connectivity index (χ0v) is 10.9. The number of hydrogen-bond acceptors (Lipinski definition) is 5. The summed E-state index contributed by atoms with van der Waals surface area (Å²) < 4.78 is 1.24. The molecule has 0 aliphatic heterocycles. The number of carboxylic acid groups (broad SMARTS) is 1. The average molecular weight is 291 g/mol. The van der Waals surface area contributed by atoms with Gasteiger partial charge in [0.2, 0.25) is 0 Å². The molecule has 3 N–H and O–H groups in total. The Balaban J connectivity index is 2.11. The van der Waals surface area contributed by atoms with Gasteiger partial charge in [-0.05, 0) is 12.1 Å². The Morgan fingerprint density at radius 1 is 1.38 bits per heavy atom. The maximum Gasteiger partial charge on any atom is 0.332 e. The van der Waals surface area contributed by atoms with Crippen LogP contribution in [0.15, 0.2) is 35.4 Å². The predicted molar refractivity (Wildman–Crippen MR) is 72.1 cm³/mol. The second-order valence-corrected chi connectivity index (χ2v) is 4.30. The number of carbonyl (C=O) groups is 2. The molecule has 0 aliphatic carbocycles. The summed E-state index contributed by atoms with van der Waals surface area (Å²) in [5.41, 5.74) is -0.249. The van der Waals surface area contributed by atoms with Crippen molar-refractivity contribution in [2.24, 2.45) is 0 Å². The minimum Gasteiger partial charge on any atom is -0.479 e. The van der Waals surface area contributed by atoms with Gasteiger partial charge in [-0.25, -0.2) is 9.78 Å². The van der Waals surface area contributed by atoms with Crippen molar-refractivity contribution < 1.29 is 19.8 Å². The van der Waals surface area contributed by atoms with E-state index >= 15 is 0 Å². The molecular formula is C13H13N3O5. The summed E-state index contributed by atoms with van der Waals surface area (Å²) in [4.78, 5) is 38.4. The number of hydrogen-bond donors (Lipinski definition) is 3. The summed E-state index contributed by atoms with van der Waals surface area (Å²) in [7, 11) is 0. The number of fused-ring (bicyclic) bond motifs is 1. The zero-order chi connectivity index (χ0) is 15.4. The minimum absolute atomic E-state index is 0.0662. The van der Waals surface area contributed by atoms with Gasteiger partial charge in [0.05, 0.1) is 0 Å². The van der Waals surface area contributed by atoms with Gasteiger partial charge >= 0.3 is 5.97 Å². The van der Waals surface area contributed by atoms with E-state index in [0.717, 1.165) is 0 Å². The molecule has 1 atom stereocenters. The highest BCUT2D eigenvalue weighted by Gasteiger charge is 2.15. The summed E-state index contributed by atoms with van der Waals surface area (Å²) in [5, 5.41) is 20.0. The Morgan fingerprint density at radius 3 is 2.86 bits per heavy atom. The number of aliphatic carboxylic acids is 1. The van der Waals surface area contributed by atoms with Gasteiger partial charge in [0.25, 0.3) is 11.5 Å². The van der Waals surface area contributed by atoms with Crippen LogP contribution in [0.4, 0.5) is 0 Å². The van der Waals surface area contributed by atoms with E-state index in [9.17, 15) is 14.4 Å². The SMILES string of the molecule is O=C(NCCC(O)C(=O)O)c1cnc2ccccn2c1=O. The number of rotatable bonds is 5. The van der Waals surface area contributed by atoms with Crippen molar-refractivity contribution >= 4 is 17.5 Å². The van der Waals surface area contributed by atoms with Crippen LogP contribution in [0.1, 0.15) is 16.8 Å². The number of amides is 1. The molecule has 0 radical (unpaired) electrons. The van der Waals surface area contributed by atoms with E-state index in [0.29, 0.717) is 5.65 Å². The fourth-order valence-electron chi connectivity index (χ4n) is 1.72. The number of nitrogens with one attached hydrogen (secondary N) is 1. The molecule has 8 heteroatoms. The van der Waals surface area contributed by atoms with Crippen LogP contribution in [0.25, 0.3) is 5.65 Å². The largest absolute Gasteiger partial charge is 0.479 e. The topological polar surface area (TPSA) is 121 Å². The molecule has 2 rings (SSSR count). The lowest BCUT2D eigenvalue weighted by Crippen LogP contribution is -2.34. The Kier molecular flexibility index (Phi) is 4.29. The van der Waals surface area contributed by atoms with Crippen LogP contribution in [0, 0.1) is 0 Å². The Bertz CT molecular complexity index is 740. The van der Waals surface area contributed by atoms with Gasteiger partial charge in [-0.15, -0.1) is 0 Å². The predicted octanol–water partition coefficient (Wildman–Crippen LogP) is -0.740. The van der Waals surface area contributed by atoms with Crippen LogP contribution in [-0.2, 0) is 4.79 Å². The number of aliphatic hydroxyl groups excluding tert-OH is 1. The van der Waals surface area contributed by atoms with Gasteiger partial charge in [-0.2, -0.15) is 0 Å². The summed E-state index contributed by atoms with van der Waals surface area (Å²) in [6.07, 6.45) is 0.959. The normalized spacial score (nSPS) is 12.0. The molecule has 2 aromatic heterocycles. The molecule has 0 spiro atoms. The third-order valence-electron chi connectivity index (χ3n) is 2.85. The van der Waals surface area contributed by atoms with E-state index in [4.69, 9.17) is 10.2 Å². The van der Waals surface area contributed by atoms with E-state index in [1.165, 1.54) is 16.8 Å². The molecule has 0 fully saturated rings. The fourth-order valence-corrected chi connectivity index (χ4v) is 1.72. The Hall–Kier alpha value is -2.74. The summed E-state index contributed by atoms with van der Waals surface area (Å²) in [5.74, 6) is -2.03. The highest BCUT2D eigenvalue weighted by atomic mass is 16.4. The number of carbonyl (C=O) groups excluding carboxylic acids is 1. The summed E-state index contributed by atoms with van der Waals surface area (Å²) in [6, 6.07) is 4.99. The molecular weight excluding hydrogens is 278 g/mol. The number of carboxylic acids is 1. The zero-order valence-electron chi connectivity index (χ0n) is 10.9. The molecule has 1 amide bonds. The maximum absolute atomic E-state index is 12.1. The molecule has 0 aromatic carbocycles. The van der Waals surface area contributed by atoms with E-state index < -0.39 is 23.5 Å². The first-order valence-corrected chi connectivity index (χ1v) is 6.16. The van der Waals surface area contributed by atoms with Crippen LogP contribution in [0.5, 0.6) is 0 Å².